The lowest BCUT2D eigenvalue weighted by atomic mass is 10.1. The minimum Gasteiger partial charge on any atom is -0.497 e. The summed E-state index contributed by atoms with van der Waals surface area (Å²) in [5.41, 5.74) is 2.30. The molecule has 0 aliphatic heterocycles. The lowest BCUT2D eigenvalue weighted by Gasteiger charge is -2.21. The summed E-state index contributed by atoms with van der Waals surface area (Å²) in [5.74, 6) is 1.75. The molecule has 1 aromatic heterocycles. The van der Waals surface area contributed by atoms with Crippen molar-refractivity contribution >= 4 is 32.6 Å². The van der Waals surface area contributed by atoms with Crippen LogP contribution in [0.1, 0.15) is 15.9 Å². The number of hydrogen-bond donors (Lipinski definition) is 0. The van der Waals surface area contributed by atoms with Gasteiger partial charge in [0.2, 0.25) is 0 Å². The molecule has 0 radical (unpaired) electrons. The lowest BCUT2D eigenvalue weighted by Crippen LogP contribution is -2.30. The number of methoxy groups -OCH3 is 1. The molecule has 5 nitrogen and oxygen atoms in total. The number of carbonyl (C=O) groups excluding carboxylic acids is 1. The monoisotopic (exact) mass is 466 g/mol. The van der Waals surface area contributed by atoms with Crippen molar-refractivity contribution < 1.29 is 14.3 Å². The quantitative estimate of drug-likeness (QED) is 0.261. The Kier molecular flexibility index (Phi) is 6.23. The third kappa shape index (κ3) is 4.63. The van der Waals surface area contributed by atoms with Crippen LogP contribution >= 0.6 is 11.3 Å². The van der Waals surface area contributed by atoms with Gasteiger partial charge >= 0.3 is 0 Å². The molecule has 5 aromatic rings. The Morgan fingerprint density at radius 2 is 1.56 bits per heavy atom. The van der Waals surface area contributed by atoms with Crippen LogP contribution in [-0.2, 0) is 6.54 Å². The third-order valence-corrected chi connectivity index (χ3v) is 6.37. The van der Waals surface area contributed by atoms with Crippen LogP contribution in [0.2, 0.25) is 0 Å². The van der Waals surface area contributed by atoms with Gasteiger partial charge < -0.3 is 9.47 Å². The van der Waals surface area contributed by atoms with E-state index >= 15 is 0 Å². The van der Waals surface area contributed by atoms with Crippen LogP contribution in [0.4, 0.5) is 5.13 Å². The zero-order chi connectivity index (χ0) is 23.3. The first-order valence-corrected chi connectivity index (χ1v) is 11.7. The smallest absolute Gasteiger partial charge is 0.264 e. The van der Waals surface area contributed by atoms with Crippen molar-refractivity contribution in [2.75, 3.05) is 12.0 Å². The molecule has 0 saturated heterocycles. The van der Waals surface area contributed by atoms with Gasteiger partial charge in [-0.15, -0.1) is 0 Å². The number of ether oxygens (including phenoxy) is 2. The molecule has 4 aromatic carbocycles. The number of para-hydroxylation sites is 2. The summed E-state index contributed by atoms with van der Waals surface area (Å²) in [6.45, 7) is 0.385. The van der Waals surface area contributed by atoms with Crippen LogP contribution in [-0.4, -0.2) is 18.0 Å². The molecule has 0 saturated carbocycles. The fourth-order valence-corrected chi connectivity index (χ4v) is 4.61. The highest BCUT2D eigenvalue weighted by atomic mass is 32.1. The van der Waals surface area contributed by atoms with Gasteiger partial charge in [0, 0.05) is 0 Å². The van der Waals surface area contributed by atoms with Crippen molar-refractivity contribution in [2.45, 2.75) is 6.54 Å². The van der Waals surface area contributed by atoms with Crippen LogP contribution in [0.15, 0.2) is 103 Å². The fourth-order valence-electron chi connectivity index (χ4n) is 3.62. The molecule has 0 fully saturated rings. The Labute approximate surface area is 201 Å². The Morgan fingerprint density at radius 3 is 2.32 bits per heavy atom. The molecule has 0 bridgehead atoms. The van der Waals surface area contributed by atoms with E-state index < -0.39 is 0 Å². The molecule has 0 atom stereocenters. The van der Waals surface area contributed by atoms with E-state index in [2.05, 4.69) is 0 Å². The first-order valence-electron chi connectivity index (χ1n) is 10.8. The van der Waals surface area contributed by atoms with Crippen LogP contribution in [0.3, 0.4) is 0 Å². The summed E-state index contributed by atoms with van der Waals surface area (Å²) in [6, 6.07) is 32.4. The highest BCUT2D eigenvalue weighted by Gasteiger charge is 2.24. The summed E-state index contributed by atoms with van der Waals surface area (Å²) in [7, 11) is 1.64. The number of carbonyl (C=O) groups is 1. The molecule has 0 N–H and O–H groups in total. The molecule has 0 aliphatic carbocycles. The fraction of sp³-hybridized carbons (Fsp3) is 0.0714. The largest absolute Gasteiger partial charge is 0.497 e. The summed E-state index contributed by atoms with van der Waals surface area (Å²) in [6.07, 6.45) is 0. The van der Waals surface area contributed by atoms with E-state index in [0.717, 1.165) is 21.5 Å². The van der Waals surface area contributed by atoms with E-state index in [9.17, 15) is 4.79 Å². The standard InChI is InChI=1S/C28H22N2O3S/c1-32-22-16-17-24-26(18-22)34-28(29-24)30(19-20-10-4-2-5-11-20)27(31)23-14-8-9-15-25(23)33-21-12-6-3-7-13-21/h2-18H,19H2,1H3. The normalized spacial score (nSPS) is 10.7. The summed E-state index contributed by atoms with van der Waals surface area (Å²) in [4.78, 5) is 20.4. The number of aromatic nitrogens is 1. The topological polar surface area (TPSA) is 51.7 Å². The van der Waals surface area contributed by atoms with E-state index in [-0.39, 0.29) is 5.91 Å². The number of nitrogens with zero attached hydrogens (tertiary/aromatic N) is 2. The van der Waals surface area contributed by atoms with Crippen LogP contribution in [0.25, 0.3) is 10.2 Å². The summed E-state index contributed by atoms with van der Waals surface area (Å²) < 4.78 is 12.4. The average molecular weight is 467 g/mol. The molecule has 0 unspecified atom stereocenters. The van der Waals surface area contributed by atoms with Crippen molar-refractivity contribution in [2.24, 2.45) is 0 Å². The number of fused-ring (bicyclic) bond motifs is 1. The number of anilines is 1. The zero-order valence-corrected chi connectivity index (χ0v) is 19.4. The molecule has 0 spiro atoms. The summed E-state index contributed by atoms with van der Waals surface area (Å²) in [5, 5.41) is 0.617. The van der Waals surface area contributed by atoms with Gasteiger partial charge in [-0.05, 0) is 48.0 Å². The number of benzene rings is 4. The van der Waals surface area contributed by atoms with E-state index in [4.69, 9.17) is 14.5 Å². The number of rotatable bonds is 7. The second kappa shape index (κ2) is 9.77. The SMILES string of the molecule is COc1ccc2nc(N(Cc3ccccc3)C(=O)c3ccccc3Oc3ccccc3)sc2c1. The highest BCUT2D eigenvalue weighted by molar-refractivity contribution is 7.22. The van der Waals surface area contributed by atoms with E-state index in [1.54, 1.807) is 18.1 Å². The molecular formula is C28H22N2O3S. The minimum absolute atomic E-state index is 0.179. The number of amides is 1. The lowest BCUT2D eigenvalue weighted by molar-refractivity contribution is 0.0983. The maximum absolute atomic E-state index is 13.9. The molecule has 1 heterocycles. The van der Waals surface area contributed by atoms with Crippen molar-refractivity contribution in [3.8, 4) is 17.2 Å². The van der Waals surface area contributed by atoms with Crippen LogP contribution < -0.4 is 14.4 Å². The molecule has 0 aliphatic rings. The second-order valence-electron chi connectivity index (χ2n) is 7.62. The molecule has 168 valence electrons. The van der Waals surface area contributed by atoms with E-state index in [1.165, 1.54) is 11.3 Å². The first-order chi connectivity index (χ1) is 16.7. The van der Waals surface area contributed by atoms with Crippen molar-refractivity contribution in [3.63, 3.8) is 0 Å². The molecule has 1 amide bonds. The van der Waals surface area contributed by atoms with Crippen LogP contribution in [0.5, 0.6) is 17.2 Å². The van der Waals surface area contributed by atoms with Crippen molar-refractivity contribution in [1.82, 2.24) is 4.98 Å². The van der Waals surface area contributed by atoms with E-state index in [0.29, 0.717) is 28.7 Å². The van der Waals surface area contributed by atoms with Crippen LogP contribution in [0, 0.1) is 0 Å². The average Bonchev–Trinajstić information content (AvgIpc) is 3.31. The Bertz CT molecular complexity index is 1420. The van der Waals surface area contributed by atoms with Gasteiger partial charge in [0.05, 0.1) is 29.4 Å². The third-order valence-electron chi connectivity index (χ3n) is 5.33. The van der Waals surface area contributed by atoms with Gasteiger partial charge in [0.25, 0.3) is 5.91 Å². The Morgan fingerprint density at radius 1 is 0.853 bits per heavy atom. The van der Waals surface area contributed by atoms with Gasteiger partial charge in [-0.25, -0.2) is 4.98 Å². The van der Waals surface area contributed by atoms with Gasteiger partial charge in [-0.2, -0.15) is 0 Å². The number of hydrogen-bond acceptors (Lipinski definition) is 5. The second-order valence-corrected chi connectivity index (χ2v) is 8.63. The zero-order valence-electron chi connectivity index (χ0n) is 18.5. The molecule has 5 rings (SSSR count). The van der Waals surface area contributed by atoms with Crippen molar-refractivity contribution in [1.29, 1.82) is 0 Å². The Balaban J connectivity index is 1.55. The molecule has 6 heteroatoms. The highest BCUT2D eigenvalue weighted by Crippen LogP contribution is 2.34. The maximum Gasteiger partial charge on any atom is 0.264 e. The van der Waals surface area contributed by atoms with Crippen molar-refractivity contribution in [3.05, 3.63) is 114 Å². The molecule has 34 heavy (non-hydrogen) atoms. The van der Waals surface area contributed by atoms with Gasteiger partial charge in [-0.1, -0.05) is 72.0 Å². The summed E-state index contributed by atoms with van der Waals surface area (Å²) >= 11 is 1.46. The minimum atomic E-state index is -0.179. The first kappa shape index (κ1) is 21.7. The van der Waals surface area contributed by atoms with E-state index in [1.807, 2.05) is 97.1 Å². The predicted octanol–water partition coefficient (Wildman–Crippen LogP) is 6.94. The van der Waals surface area contributed by atoms with Gasteiger partial charge in [-0.3, -0.25) is 9.69 Å². The molecular weight excluding hydrogens is 444 g/mol. The maximum atomic E-state index is 13.9. The van der Waals surface area contributed by atoms with Gasteiger partial charge in [0.15, 0.2) is 5.13 Å². The van der Waals surface area contributed by atoms with Gasteiger partial charge in [0.1, 0.15) is 17.2 Å². The predicted molar refractivity (Wildman–Crippen MR) is 136 cm³/mol. The number of thiazole rings is 1. The Hall–Kier alpha value is -4.16.